The molecule has 0 spiro atoms. The number of methoxy groups -OCH3 is 2. The molecule has 0 radical (unpaired) electrons. The van der Waals surface area contributed by atoms with E-state index in [4.69, 9.17) is 14.2 Å². The number of nitro groups is 1. The first-order chi connectivity index (χ1) is 13.9. The van der Waals surface area contributed by atoms with Crippen molar-refractivity contribution in [2.75, 3.05) is 27.4 Å². The van der Waals surface area contributed by atoms with E-state index in [1.54, 1.807) is 17.3 Å². The molecule has 0 aromatic heterocycles. The molecule has 2 heterocycles. The Morgan fingerprint density at radius 2 is 1.72 bits per heavy atom. The molecule has 0 N–H and O–H groups in total. The first-order valence-corrected chi connectivity index (χ1v) is 9.16. The Kier molecular flexibility index (Phi) is 6.28. The third-order valence-corrected chi connectivity index (χ3v) is 4.95. The Labute approximate surface area is 167 Å². The molecule has 1 saturated heterocycles. The molecule has 0 aliphatic carbocycles. The monoisotopic (exact) mass is 402 g/mol. The number of hydrogen-bond donors (Lipinski definition) is 0. The molecule has 9 nitrogen and oxygen atoms in total. The Balaban J connectivity index is 2.02. The third kappa shape index (κ3) is 4.45. The third-order valence-electron chi connectivity index (χ3n) is 4.95. The molecule has 154 valence electrons. The van der Waals surface area contributed by atoms with Crippen LogP contribution in [0.4, 0.5) is 5.69 Å². The maximum atomic E-state index is 12.5. The minimum Gasteiger partial charge on any atom is -0.466 e. The van der Waals surface area contributed by atoms with E-state index in [1.807, 2.05) is 0 Å². The summed E-state index contributed by atoms with van der Waals surface area (Å²) in [5.41, 5.74) is 0.932. The van der Waals surface area contributed by atoms with Crippen molar-refractivity contribution in [1.82, 2.24) is 4.90 Å². The summed E-state index contributed by atoms with van der Waals surface area (Å²) in [6, 6.07) is 5.70. The highest BCUT2D eigenvalue weighted by Crippen LogP contribution is 2.37. The molecule has 1 fully saturated rings. The van der Waals surface area contributed by atoms with Gasteiger partial charge in [-0.25, -0.2) is 9.59 Å². The van der Waals surface area contributed by atoms with Crippen LogP contribution < -0.4 is 0 Å². The van der Waals surface area contributed by atoms with Gasteiger partial charge in [-0.15, -0.1) is 0 Å². The van der Waals surface area contributed by atoms with E-state index in [9.17, 15) is 19.7 Å². The highest BCUT2D eigenvalue weighted by molar-refractivity contribution is 5.98. The number of nitro benzene ring substituents is 1. The minimum atomic E-state index is -0.767. The molecule has 0 amide bonds. The standard InChI is InChI=1S/C20H22N2O7/c1-27-19(23)16-11-21(10-15-4-3-9-29-15)12-17(20(24)28-2)18(16)13-5-7-14(8-6-13)22(25)26/h5-8,11-12,15,18H,3-4,9-10H2,1-2H3/t15-/m1/s1. The molecule has 1 atom stereocenters. The van der Waals surface area contributed by atoms with Crippen molar-refractivity contribution < 1.29 is 28.7 Å². The number of non-ortho nitro benzene ring substituents is 1. The molecular weight excluding hydrogens is 380 g/mol. The lowest BCUT2D eigenvalue weighted by Gasteiger charge is -2.31. The molecule has 2 aliphatic heterocycles. The van der Waals surface area contributed by atoms with Gasteiger partial charge in [0, 0.05) is 37.7 Å². The van der Waals surface area contributed by atoms with Crippen LogP contribution in [-0.2, 0) is 23.8 Å². The molecule has 29 heavy (non-hydrogen) atoms. The second kappa shape index (κ2) is 8.87. The topological polar surface area (TPSA) is 108 Å². The highest BCUT2D eigenvalue weighted by Gasteiger charge is 2.36. The molecule has 0 saturated carbocycles. The molecule has 0 unspecified atom stereocenters. The van der Waals surface area contributed by atoms with Gasteiger partial charge in [-0.3, -0.25) is 10.1 Å². The van der Waals surface area contributed by atoms with Crippen molar-refractivity contribution in [3.8, 4) is 0 Å². The summed E-state index contributed by atoms with van der Waals surface area (Å²) in [6.07, 6.45) is 5.12. The number of hydrogen-bond acceptors (Lipinski definition) is 8. The minimum absolute atomic E-state index is 0.00350. The maximum absolute atomic E-state index is 12.5. The summed E-state index contributed by atoms with van der Waals surface area (Å²) in [6.45, 7) is 1.17. The zero-order valence-corrected chi connectivity index (χ0v) is 16.2. The lowest BCUT2D eigenvalue weighted by molar-refractivity contribution is -0.384. The fraction of sp³-hybridized carbons (Fsp3) is 0.400. The highest BCUT2D eigenvalue weighted by atomic mass is 16.6. The van der Waals surface area contributed by atoms with Crippen LogP contribution in [0.5, 0.6) is 0 Å². The summed E-state index contributed by atoms with van der Waals surface area (Å²) >= 11 is 0. The van der Waals surface area contributed by atoms with Gasteiger partial charge in [-0.1, -0.05) is 12.1 Å². The van der Waals surface area contributed by atoms with Crippen LogP contribution in [-0.4, -0.2) is 55.2 Å². The SMILES string of the molecule is COC(=O)C1=CN(C[C@H]2CCCO2)C=C(C(=O)OC)C1c1ccc([N+](=O)[O-])cc1. The molecule has 9 heteroatoms. The van der Waals surface area contributed by atoms with Crippen molar-refractivity contribution >= 4 is 17.6 Å². The number of nitrogens with zero attached hydrogens (tertiary/aromatic N) is 2. The summed E-state index contributed by atoms with van der Waals surface area (Å²) < 4.78 is 15.5. The number of carbonyl (C=O) groups is 2. The van der Waals surface area contributed by atoms with Gasteiger partial charge in [0.15, 0.2) is 0 Å². The first kappa shape index (κ1) is 20.5. The van der Waals surface area contributed by atoms with E-state index in [0.29, 0.717) is 18.7 Å². The van der Waals surface area contributed by atoms with Gasteiger partial charge in [0.1, 0.15) is 0 Å². The van der Waals surface area contributed by atoms with E-state index in [2.05, 4.69) is 0 Å². The lowest BCUT2D eigenvalue weighted by Crippen LogP contribution is -2.32. The number of benzene rings is 1. The normalized spacial score (nSPS) is 19.4. The van der Waals surface area contributed by atoms with Gasteiger partial charge in [0.25, 0.3) is 5.69 Å². The molecule has 1 aromatic rings. The van der Waals surface area contributed by atoms with Gasteiger partial charge in [0.05, 0.1) is 42.3 Å². The molecule has 3 rings (SSSR count). The Morgan fingerprint density at radius 3 is 2.17 bits per heavy atom. The van der Waals surface area contributed by atoms with Crippen molar-refractivity contribution in [3.63, 3.8) is 0 Å². The van der Waals surface area contributed by atoms with E-state index >= 15 is 0 Å². The van der Waals surface area contributed by atoms with E-state index in [0.717, 1.165) is 12.8 Å². The second-order valence-corrected chi connectivity index (χ2v) is 6.77. The second-order valence-electron chi connectivity index (χ2n) is 6.77. The van der Waals surface area contributed by atoms with Gasteiger partial charge in [0.2, 0.25) is 0 Å². The van der Waals surface area contributed by atoms with Crippen LogP contribution in [0.1, 0.15) is 24.3 Å². The van der Waals surface area contributed by atoms with Crippen molar-refractivity contribution in [2.24, 2.45) is 0 Å². The molecule has 2 aliphatic rings. The van der Waals surface area contributed by atoms with Crippen LogP contribution in [0.2, 0.25) is 0 Å². The largest absolute Gasteiger partial charge is 0.466 e. The predicted molar refractivity (Wildman–Crippen MR) is 102 cm³/mol. The van der Waals surface area contributed by atoms with Gasteiger partial charge >= 0.3 is 11.9 Å². The summed E-state index contributed by atoms with van der Waals surface area (Å²) in [7, 11) is 2.52. The lowest BCUT2D eigenvalue weighted by atomic mass is 9.83. The van der Waals surface area contributed by atoms with E-state index in [1.165, 1.54) is 38.5 Å². The average Bonchev–Trinajstić information content (AvgIpc) is 3.25. The van der Waals surface area contributed by atoms with Gasteiger partial charge < -0.3 is 19.1 Å². The quantitative estimate of drug-likeness (QED) is 0.405. The Morgan fingerprint density at radius 1 is 1.14 bits per heavy atom. The smallest absolute Gasteiger partial charge is 0.336 e. The Bertz CT molecular complexity index is 820. The van der Waals surface area contributed by atoms with Gasteiger partial charge in [-0.2, -0.15) is 0 Å². The zero-order valence-electron chi connectivity index (χ0n) is 16.2. The zero-order chi connectivity index (χ0) is 21.0. The Hall–Kier alpha value is -3.20. The average molecular weight is 402 g/mol. The van der Waals surface area contributed by atoms with Crippen LogP contribution in [0.15, 0.2) is 47.8 Å². The van der Waals surface area contributed by atoms with Crippen molar-refractivity contribution in [2.45, 2.75) is 24.9 Å². The van der Waals surface area contributed by atoms with Gasteiger partial charge in [-0.05, 0) is 18.4 Å². The molecular formula is C20H22N2O7. The van der Waals surface area contributed by atoms with Crippen molar-refractivity contribution in [3.05, 3.63) is 63.5 Å². The van der Waals surface area contributed by atoms with Crippen LogP contribution in [0.25, 0.3) is 0 Å². The fourth-order valence-corrected chi connectivity index (χ4v) is 3.56. The summed E-state index contributed by atoms with van der Waals surface area (Å²) in [5.74, 6) is -1.96. The maximum Gasteiger partial charge on any atom is 0.336 e. The summed E-state index contributed by atoms with van der Waals surface area (Å²) in [4.78, 5) is 37.2. The number of rotatable bonds is 6. The molecule has 0 bridgehead atoms. The van der Waals surface area contributed by atoms with E-state index in [-0.39, 0.29) is 22.9 Å². The van der Waals surface area contributed by atoms with Crippen LogP contribution in [0, 0.1) is 10.1 Å². The number of carbonyl (C=O) groups excluding carboxylic acids is 2. The van der Waals surface area contributed by atoms with Crippen LogP contribution >= 0.6 is 0 Å². The number of esters is 2. The number of ether oxygens (including phenoxy) is 3. The summed E-state index contributed by atoms with van der Waals surface area (Å²) in [5, 5.41) is 11.0. The predicted octanol–water partition coefficient (Wildman–Crippen LogP) is 2.29. The molecule has 1 aromatic carbocycles. The van der Waals surface area contributed by atoms with Crippen LogP contribution in [0.3, 0.4) is 0 Å². The van der Waals surface area contributed by atoms with Crippen molar-refractivity contribution in [1.29, 1.82) is 0 Å². The van der Waals surface area contributed by atoms with E-state index < -0.39 is 22.8 Å². The fourth-order valence-electron chi connectivity index (χ4n) is 3.56. The first-order valence-electron chi connectivity index (χ1n) is 9.16.